The molecule has 4 heteroatoms. The Labute approximate surface area is 94.8 Å². The van der Waals surface area contributed by atoms with Crippen molar-refractivity contribution >= 4 is 11.7 Å². The van der Waals surface area contributed by atoms with Crippen LogP contribution in [0.5, 0.6) is 5.75 Å². The maximum Gasteiger partial charge on any atom is 0.328 e. The van der Waals surface area contributed by atoms with Crippen LogP contribution >= 0.6 is 0 Å². The second-order valence-electron chi connectivity index (χ2n) is 3.44. The number of hydrogen-bond acceptors (Lipinski definition) is 3. The van der Waals surface area contributed by atoms with E-state index in [4.69, 9.17) is 9.84 Å². The minimum absolute atomic E-state index is 0.253. The van der Waals surface area contributed by atoms with Gasteiger partial charge in [-0.25, -0.2) is 4.79 Å². The number of hydrogen-bond donors (Lipinski definition) is 1. The molecule has 16 heavy (non-hydrogen) atoms. The zero-order chi connectivity index (χ0) is 12.0. The van der Waals surface area contributed by atoms with Gasteiger partial charge in [0.1, 0.15) is 12.4 Å². The molecular formula is C12H15NO3. The number of carboxylic acid groups (broad SMARTS) is 1. The van der Waals surface area contributed by atoms with Gasteiger partial charge in [0.2, 0.25) is 0 Å². The van der Waals surface area contributed by atoms with Gasteiger partial charge in [-0.05, 0) is 18.2 Å². The molecule has 0 atom stereocenters. The third-order valence-electron chi connectivity index (χ3n) is 1.94. The van der Waals surface area contributed by atoms with Gasteiger partial charge < -0.3 is 14.7 Å². The predicted octanol–water partition coefficient (Wildman–Crippen LogP) is 1.77. The highest BCUT2D eigenvalue weighted by molar-refractivity contribution is 5.79. The summed E-state index contributed by atoms with van der Waals surface area (Å²) in [5.74, 6) is -0.244. The lowest BCUT2D eigenvalue weighted by Crippen LogP contribution is -2.08. The van der Waals surface area contributed by atoms with Gasteiger partial charge in [-0.1, -0.05) is 6.07 Å². The molecule has 0 saturated carbocycles. The smallest absolute Gasteiger partial charge is 0.328 e. The van der Waals surface area contributed by atoms with Crippen LogP contribution in [0.4, 0.5) is 5.69 Å². The molecule has 0 fully saturated rings. The number of anilines is 1. The fraction of sp³-hybridized carbons (Fsp3) is 0.250. The van der Waals surface area contributed by atoms with Gasteiger partial charge in [0, 0.05) is 31.9 Å². The molecule has 0 unspecified atom stereocenters. The third kappa shape index (κ3) is 4.04. The van der Waals surface area contributed by atoms with Crippen LogP contribution in [-0.4, -0.2) is 31.8 Å². The third-order valence-corrected chi connectivity index (χ3v) is 1.94. The molecule has 0 radical (unpaired) electrons. The number of ether oxygens (including phenoxy) is 1. The van der Waals surface area contributed by atoms with Crippen LogP contribution in [0.2, 0.25) is 0 Å². The quantitative estimate of drug-likeness (QED) is 0.770. The summed E-state index contributed by atoms with van der Waals surface area (Å²) >= 11 is 0. The summed E-state index contributed by atoms with van der Waals surface area (Å²) in [6, 6.07) is 7.60. The molecule has 0 amide bonds. The van der Waals surface area contributed by atoms with E-state index in [1.807, 2.05) is 43.3 Å². The number of nitrogens with zero attached hydrogens (tertiary/aromatic N) is 1. The van der Waals surface area contributed by atoms with E-state index < -0.39 is 5.97 Å². The van der Waals surface area contributed by atoms with E-state index in [2.05, 4.69) is 0 Å². The van der Waals surface area contributed by atoms with Crippen molar-refractivity contribution in [2.75, 3.05) is 25.6 Å². The molecule has 0 aliphatic rings. The van der Waals surface area contributed by atoms with Crippen molar-refractivity contribution in [1.82, 2.24) is 0 Å². The normalized spacial score (nSPS) is 10.4. The van der Waals surface area contributed by atoms with Crippen LogP contribution in [0.25, 0.3) is 0 Å². The van der Waals surface area contributed by atoms with Gasteiger partial charge in [-0.2, -0.15) is 0 Å². The molecule has 0 aliphatic carbocycles. The molecule has 86 valence electrons. The van der Waals surface area contributed by atoms with Gasteiger partial charge in [0.05, 0.1) is 0 Å². The number of carboxylic acids is 1. The summed E-state index contributed by atoms with van der Waals surface area (Å²) in [5.41, 5.74) is 1.04. The highest BCUT2D eigenvalue weighted by Gasteiger charge is 1.97. The van der Waals surface area contributed by atoms with E-state index in [9.17, 15) is 4.79 Å². The Hall–Kier alpha value is -1.97. The average Bonchev–Trinajstić information content (AvgIpc) is 2.24. The Kier molecular flexibility index (Phi) is 4.39. The molecule has 0 saturated heterocycles. The van der Waals surface area contributed by atoms with Crippen molar-refractivity contribution in [2.24, 2.45) is 0 Å². The standard InChI is InChI=1S/C12H15NO3/c1-13(2)10-5-3-6-11(9-10)16-8-4-7-12(14)15/h3-7,9H,8H2,1-2H3,(H,14,15)/b7-4+. The number of benzene rings is 1. The highest BCUT2D eigenvalue weighted by Crippen LogP contribution is 2.19. The Morgan fingerprint density at radius 1 is 1.50 bits per heavy atom. The van der Waals surface area contributed by atoms with Crippen molar-refractivity contribution in [3.8, 4) is 5.75 Å². The number of aliphatic carboxylic acids is 1. The molecule has 0 aromatic heterocycles. The largest absolute Gasteiger partial charge is 0.489 e. The fourth-order valence-corrected chi connectivity index (χ4v) is 1.14. The summed E-state index contributed by atoms with van der Waals surface area (Å²) in [6.45, 7) is 0.253. The molecule has 0 bridgehead atoms. The molecule has 4 nitrogen and oxygen atoms in total. The zero-order valence-electron chi connectivity index (χ0n) is 9.38. The first-order valence-electron chi connectivity index (χ1n) is 4.89. The van der Waals surface area contributed by atoms with Crippen LogP contribution in [0, 0.1) is 0 Å². The molecule has 1 aromatic carbocycles. The monoisotopic (exact) mass is 221 g/mol. The van der Waals surface area contributed by atoms with Crippen LogP contribution in [-0.2, 0) is 4.79 Å². The van der Waals surface area contributed by atoms with E-state index in [0.717, 1.165) is 17.5 Å². The Morgan fingerprint density at radius 3 is 2.88 bits per heavy atom. The van der Waals surface area contributed by atoms with Crippen LogP contribution in [0.3, 0.4) is 0 Å². The second-order valence-corrected chi connectivity index (χ2v) is 3.44. The van der Waals surface area contributed by atoms with Crippen LogP contribution in [0.15, 0.2) is 36.4 Å². The molecule has 0 aliphatic heterocycles. The Bertz CT molecular complexity index is 386. The summed E-state index contributed by atoms with van der Waals surface area (Å²) in [5, 5.41) is 8.38. The molecule has 1 rings (SSSR count). The van der Waals surface area contributed by atoms with Crippen molar-refractivity contribution in [3.63, 3.8) is 0 Å². The van der Waals surface area contributed by atoms with Crippen molar-refractivity contribution in [2.45, 2.75) is 0 Å². The van der Waals surface area contributed by atoms with Gasteiger partial charge >= 0.3 is 5.97 Å². The molecule has 0 heterocycles. The van der Waals surface area contributed by atoms with Gasteiger partial charge in [-0.15, -0.1) is 0 Å². The Balaban J connectivity index is 2.54. The van der Waals surface area contributed by atoms with Crippen molar-refractivity contribution in [1.29, 1.82) is 0 Å². The lowest BCUT2D eigenvalue weighted by molar-refractivity contribution is -0.131. The van der Waals surface area contributed by atoms with Gasteiger partial charge in [0.25, 0.3) is 0 Å². The Morgan fingerprint density at radius 2 is 2.25 bits per heavy atom. The first kappa shape index (κ1) is 12.1. The molecular weight excluding hydrogens is 206 g/mol. The zero-order valence-corrected chi connectivity index (χ0v) is 9.38. The fourth-order valence-electron chi connectivity index (χ4n) is 1.14. The minimum atomic E-state index is -0.967. The maximum absolute atomic E-state index is 10.2. The SMILES string of the molecule is CN(C)c1cccc(OC/C=C/C(=O)O)c1. The van der Waals surface area contributed by atoms with Crippen molar-refractivity contribution < 1.29 is 14.6 Å². The maximum atomic E-state index is 10.2. The van der Waals surface area contributed by atoms with Crippen LogP contribution in [0.1, 0.15) is 0 Å². The minimum Gasteiger partial charge on any atom is -0.489 e. The number of rotatable bonds is 5. The summed E-state index contributed by atoms with van der Waals surface area (Å²) in [7, 11) is 3.90. The highest BCUT2D eigenvalue weighted by atomic mass is 16.5. The molecule has 0 spiro atoms. The van der Waals surface area contributed by atoms with E-state index in [-0.39, 0.29) is 6.61 Å². The predicted molar refractivity (Wildman–Crippen MR) is 63.0 cm³/mol. The van der Waals surface area contributed by atoms with Crippen LogP contribution < -0.4 is 9.64 Å². The topological polar surface area (TPSA) is 49.8 Å². The first-order valence-corrected chi connectivity index (χ1v) is 4.89. The summed E-state index contributed by atoms with van der Waals surface area (Å²) in [6.07, 6.45) is 2.53. The van der Waals surface area contributed by atoms with E-state index in [1.165, 1.54) is 6.08 Å². The summed E-state index contributed by atoms with van der Waals surface area (Å²) < 4.78 is 5.37. The van der Waals surface area contributed by atoms with Crippen molar-refractivity contribution in [3.05, 3.63) is 36.4 Å². The first-order chi connectivity index (χ1) is 7.59. The average molecular weight is 221 g/mol. The lowest BCUT2D eigenvalue weighted by Gasteiger charge is -2.13. The van der Waals surface area contributed by atoms with E-state index >= 15 is 0 Å². The summed E-state index contributed by atoms with van der Waals surface area (Å²) in [4.78, 5) is 12.2. The molecule has 1 N–H and O–H groups in total. The van der Waals surface area contributed by atoms with Gasteiger partial charge in [-0.3, -0.25) is 0 Å². The van der Waals surface area contributed by atoms with Gasteiger partial charge in [0.15, 0.2) is 0 Å². The van der Waals surface area contributed by atoms with E-state index in [1.54, 1.807) is 0 Å². The number of carbonyl (C=O) groups is 1. The molecule has 1 aromatic rings. The second kappa shape index (κ2) is 5.80. The lowest BCUT2D eigenvalue weighted by atomic mass is 10.3. The van der Waals surface area contributed by atoms with E-state index in [0.29, 0.717) is 0 Å².